The number of β-amino-alcohol motifs (C(OH)–C–C–N with tert-alkyl or cyclic N) is 1. The molecule has 0 radical (unpaired) electrons. The van der Waals surface area contributed by atoms with Crippen LogP contribution in [-0.4, -0.2) is 69.4 Å². The second kappa shape index (κ2) is 9.88. The highest BCUT2D eigenvalue weighted by Gasteiger charge is 2.20. The molecule has 0 aromatic carbocycles. The summed E-state index contributed by atoms with van der Waals surface area (Å²) in [5.41, 5.74) is 1.05. The lowest BCUT2D eigenvalue weighted by Gasteiger charge is -2.31. The van der Waals surface area contributed by atoms with Crippen LogP contribution in [-0.2, 0) is 6.54 Å². The molecule has 2 aromatic rings. The number of ether oxygens (including phenoxy) is 1. The van der Waals surface area contributed by atoms with E-state index in [1.165, 1.54) is 0 Å². The summed E-state index contributed by atoms with van der Waals surface area (Å²) < 4.78 is 7.37. The molecule has 0 aliphatic carbocycles. The summed E-state index contributed by atoms with van der Waals surface area (Å²) in [7, 11) is 1.77. The Morgan fingerprint density at radius 3 is 2.75 bits per heavy atom. The van der Waals surface area contributed by atoms with E-state index < -0.39 is 0 Å². The molecule has 0 bridgehead atoms. The number of hydrogen-bond acceptors (Lipinski definition) is 7. The van der Waals surface area contributed by atoms with Gasteiger partial charge in [-0.3, -0.25) is 4.57 Å². The Labute approximate surface area is 165 Å². The van der Waals surface area contributed by atoms with Gasteiger partial charge in [0.15, 0.2) is 11.5 Å². The number of imidazole rings is 1. The SMILES string of the molecule is CCCCOc1nc(NC)c2[nH]c(=O)n(CCC3CCN(CCO)CC3)c2n1. The van der Waals surface area contributed by atoms with Crippen molar-refractivity contribution in [2.24, 2.45) is 5.92 Å². The Morgan fingerprint density at radius 1 is 1.29 bits per heavy atom. The van der Waals surface area contributed by atoms with Gasteiger partial charge >= 0.3 is 11.7 Å². The van der Waals surface area contributed by atoms with Crippen LogP contribution in [0, 0.1) is 5.92 Å². The maximum absolute atomic E-state index is 12.5. The zero-order valence-electron chi connectivity index (χ0n) is 16.9. The van der Waals surface area contributed by atoms with E-state index in [2.05, 4.69) is 32.1 Å². The van der Waals surface area contributed by atoms with Gasteiger partial charge in [0.2, 0.25) is 0 Å². The summed E-state index contributed by atoms with van der Waals surface area (Å²) >= 11 is 0. The summed E-state index contributed by atoms with van der Waals surface area (Å²) in [6.45, 7) is 6.27. The molecule has 3 N–H and O–H groups in total. The third-order valence-corrected chi connectivity index (χ3v) is 5.45. The van der Waals surface area contributed by atoms with Crippen molar-refractivity contribution in [3.63, 3.8) is 0 Å². The number of likely N-dealkylation sites (tertiary alicyclic amines) is 1. The molecule has 0 saturated carbocycles. The Bertz CT molecular complexity index is 810. The van der Waals surface area contributed by atoms with E-state index in [1.807, 2.05) is 0 Å². The van der Waals surface area contributed by atoms with Crippen molar-refractivity contribution in [2.45, 2.75) is 45.6 Å². The lowest BCUT2D eigenvalue weighted by molar-refractivity contribution is 0.143. The molecular weight excluding hydrogens is 360 g/mol. The van der Waals surface area contributed by atoms with Crippen LogP contribution >= 0.6 is 0 Å². The molecule has 156 valence electrons. The van der Waals surface area contributed by atoms with Crippen molar-refractivity contribution in [1.82, 2.24) is 24.4 Å². The van der Waals surface area contributed by atoms with Crippen LogP contribution in [0.4, 0.5) is 5.82 Å². The summed E-state index contributed by atoms with van der Waals surface area (Å²) in [6.07, 6.45) is 5.10. The fourth-order valence-electron chi connectivity index (χ4n) is 3.72. The van der Waals surface area contributed by atoms with E-state index in [1.54, 1.807) is 11.6 Å². The van der Waals surface area contributed by atoms with Crippen molar-refractivity contribution >= 4 is 17.0 Å². The summed E-state index contributed by atoms with van der Waals surface area (Å²) in [5.74, 6) is 1.15. The lowest BCUT2D eigenvalue weighted by atomic mass is 9.93. The molecule has 0 unspecified atom stereocenters. The quantitative estimate of drug-likeness (QED) is 0.525. The normalized spacial score (nSPS) is 16.0. The number of rotatable bonds is 10. The van der Waals surface area contributed by atoms with Gasteiger partial charge in [0.1, 0.15) is 5.52 Å². The molecule has 0 spiro atoms. The molecule has 9 nitrogen and oxygen atoms in total. The van der Waals surface area contributed by atoms with Crippen molar-refractivity contribution in [1.29, 1.82) is 0 Å². The number of piperidine rings is 1. The first-order valence-electron chi connectivity index (χ1n) is 10.3. The van der Waals surface area contributed by atoms with Gasteiger partial charge in [-0.15, -0.1) is 0 Å². The Kier molecular flexibility index (Phi) is 7.27. The predicted molar refractivity (Wildman–Crippen MR) is 109 cm³/mol. The molecule has 0 amide bonds. The minimum atomic E-state index is -0.163. The third kappa shape index (κ3) is 4.82. The number of nitrogens with zero attached hydrogens (tertiary/aromatic N) is 4. The summed E-state index contributed by atoms with van der Waals surface area (Å²) in [6, 6.07) is 0.301. The van der Waals surface area contributed by atoms with Crippen molar-refractivity contribution in [3.05, 3.63) is 10.5 Å². The molecule has 0 atom stereocenters. The number of fused-ring (bicyclic) bond motifs is 1. The standard InChI is InChI=1S/C19H32N6O3/c1-3-4-13-28-18-22-16(20-2)15-17(23-18)25(19(27)21-15)10-7-14-5-8-24(9-6-14)11-12-26/h14,26H,3-13H2,1-2H3,(H,21,27)(H,20,22,23). The molecule has 28 heavy (non-hydrogen) atoms. The predicted octanol–water partition coefficient (Wildman–Crippen LogP) is 1.43. The molecule has 9 heteroatoms. The fourth-order valence-corrected chi connectivity index (χ4v) is 3.72. The van der Waals surface area contributed by atoms with E-state index in [0.717, 1.165) is 51.7 Å². The molecule has 1 saturated heterocycles. The second-order valence-electron chi connectivity index (χ2n) is 7.38. The molecule has 1 aliphatic rings. The maximum atomic E-state index is 12.5. The number of unbranched alkanes of at least 4 members (excludes halogenated alkanes) is 1. The van der Waals surface area contributed by atoms with Crippen molar-refractivity contribution in [2.75, 3.05) is 45.2 Å². The Balaban J connectivity index is 1.72. The zero-order valence-corrected chi connectivity index (χ0v) is 16.9. The number of aromatic nitrogens is 4. The van der Waals surface area contributed by atoms with E-state index in [9.17, 15) is 4.79 Å². The molecule has 3 rings (SSSR count). The number of aryl methyl sites for hydroxylation is 1. The van der Waals surface area contributed by atoms with Gasteiger partial charge in [-0.2, -0.15) is 9.97 Å². The number of H-pyrrole nitrogens is 1. The minimum Gasteiger partial charge on any atom is -0.463 e. The Hall–Kier alpha value is -2.13. The summed E-state index contributed by atoms with van der Waals surface area (Å²) in [5, 5.41) is 12.1. The third-order valence-electron chi connectivity index (χ3n) is 5.45. The first-order chi connectivity index (χ1) is 13.7. The summed E-state index contributed by atoms with van der Waals surface area (Å²) in [4.78, 5) is 26.6. The number of nitrogens with one attached hydrogen (secondary N) is 2. The zero-order chi connectivity index (χ0) is 19.9. The van der Waals surface area contributed by atoms with Crippen LogP contribution in [0.3, 0.4) is 0 Å². The second-order valence-corrected chi connectivity index (χ2v) is 7.38. The van der Waals surface area contributed by atoms with Gasteiger partial charge in [-0.05, 0) is 44.7 Å². The Morgan fingerprint density at radius 2 is 2.07 bits per heavy atom. The van der Waals surface area contributed by atoms with E-state index in [-0.39, 0.29) is 12.3 Å². The van der Waals surface area contributed by atoms with Crippen LogP contribution < -0.4 is 15.7 Å². The van der Waals surface area contributed by atoms with E-state index >= 15 is 0 Å². The molecule has 1 fully saturated rings. The molecule has 2 aromatic heterocycles. The van der Waals surface area contributed by atoms with Gasteiger partial charge in [-0.1, -0.05) is 13.3 Å². The van der Waals surface area contributed by atoms with Gasteiger partial charge < -0.3 is 25.0 Å². The average Bonchev–Trinajstić information content (AvgIpc) is 3.02. The van der Waals surface area contributed by atoms with Gasteiger partial charge in [0.05, 0.1) is 13.2 Å². The van der Waals surface area contributed by atoms with E-state index in [0.29, 0.717) is 42.1 Å². The number of aliphatic hydroxyl groups excluding tert-OH is 1. The minimum absolute atomic E-state index is 0.163. The van der Waals surface area contributed by atoms with E-state index in [4.69, 9.17) is 9.84 Å². The van der Waals surface area contributed by atoms with Crippen LogP contribution in [0.2, 0.25) is 0 Å². The number of anilines is 1. The maximum Gasteiger partial charge on any atom is 0.327 e. The fraction of sp³-hybridized carbons (Fsp3) is 0.737. The first kappa shape index (κ1) is 20.6. The van der Waals surface area contributed by atoms with Crippen LogP contribution in [0.15, 0.2) is 4.79 Å². The number of aromatic amines is 1. The largest absolute Gasteiger partial charge is 0.463 e. The van der Waals surface area contributed by atoms with Crippen molar-refractivity contribution in [3.8, 4) is 6.01 Å². The van der Waals surface area contributed by atoms with Crippen LogP contribution in [0.1, 0.15) is 39.0 Å². The highest BCUT2D eigenvalue weighted by atomic mass is 16.5. The number of aliphatic hydroxyl groups is 1. The van der Waals surface area contributed by atoms with Crippen molar-refractivity contribution < 1.29 is 9.84 Å². The van der Waals surface area contributed by atoms with Gasteiger partial charge in [-0.25, -0.2) is 4.79 Å². The lowest BCUT2D eigenvalue weighted by Crippen LogP contribution is -2.36. The van der Waals surface area contributed by atoms with Crippen LogP contribution in [0.25, 0.3) is 11.2 Å². The van der Waals surface area contributed by atoms with Crippen LogP contribution in [0.5, 0.6) is 6.01 Å². The smallest absolute Gasteiger partial charge is 0.327 e. The molecule has 1 aliphatic heterocycles. The molecular formula is C19H32N6O3. The highest BCUT2D eigenvalue weighted by Crippen LogP contribution is 2.23. The number of hydrogen-bond donors (Lipinski definition) is 3. The highest BCUT2D eigenvalue weighted by molar-refractivity contribution is 5.83. The molecule has 3 heterocycles. The first-order valence-corrected chi connectivity index (χ1v) is 10.3. The topological polar surface area (TPSA) is 108 Å². The average molecular weight is 393 g/mol. The monoisotopic (exact) mass is 392 g/mol. The van der Waals surface area contributed by atoms with Gasteiger partial charge in [0, 0.05) is 20.1 Å². The van der Waals surface area contributed by atoms with Gasteiger partial charge in [0.25, 0.3) is 0 Å².